The maximum absolute atomic E-state index is 11.2. The molecular formula is C8H12N2O3S. The largest absolute Gasteiger partial charge is 0.331 e. The van der Waals surface area contributed by atoms with Gasteiger partial charge < -0.3 is 0 Å². The lowest BCUT2D eigenvalue weighted by Crippen LogP contribution is -2.40. The van der Waals surface area contributed by atoms with E-state index in [-0.39, 0.29) is 11.3 Å². The van der Waals surface area contributed by atoms with Gasteiger partial charge in [-0.15, -0.1) is 0 Å². The quantitative estimate of drug-likeness (QED) is 0.541. The van der Waals surface area contributed by atoms with Crippen molar-refractivity contribution in [1.29, 1.82) is 0 Å². The van der Waals surface area contributed by atoms with Crippen LogP contribution in [0.3, 0.4) is 0 Å². The lowest BCUT2D eigenvalue weighted by molar-refractivity contribution is -0.140. The van der Waals surface area contributed by atoms with E-state index in [1.54, 1.807) is 0 Å². The van der Waals surface area contributed by atoms with Gasteiger partial charge in [0, 0.05) is 11.3 Å². The summed E-state index contributed by atoms with van der Waals surface area (Å²) in [5, 5.41) is 1.95. The van der Waals surface area contributed by atoms with Gasteiger partial charge in [-0.05, 0) is 20.1 Å². The molecule has 6 heteroatoms. The van der Waals surface area contributed by atoms with Crippen molar-refractivity contribution in [2.45, 2.75) is 18.6 Å². The van der Waals surface area contributed by atoms with Crippen molar-refractivity contribution in [3.8, 4) is 0 Å². The number of imide groups is 2. The molecule has 0 unspecified atom stereocenters. The molecule has 14 heavy (non-hydrogen) atoms. The second-order valence-corrected chi connectivity index (χ2v) is 5.13. The van der Waals surface area contributed by atoms with E-state index in [0.29, 0.717) is 0 Å². The van der Waals surface area contributed by atoms with Crippen LogP contribution in [0.1, 0.15) is 13.8 Å². The van der Waals surface area contributed by atoms with Crippen LogP contribution >= 0.6 is 11.8 Å². The number of hydrogen-bond donors (Lipinski definition) is 1. The smallest absolute Gasteiger partial charge is 0.269 e. The summed E-state index contributed by atoms with van der Waals surface area (Å²) in [6, 6.07) is -0.623. The van der Waals surface area contributed by atoms with E-state index < -0.39 is 17.8 Å². The number of thioether (sulfide) groups is 1. The van der Waals surface area contributed by atoms with Gasteiger partial charge in [0.15, 0.2) is 0 Å². The normalized spacial score (nSPS) is 17.6. The first-order valence-corrected chi connectivity index (χ1v) is 5.32. The van der Waals surface area contributed by atoms with E-state index in [1.807, 2.05) is 25.4 Å². The Labute approximate surface area is 86.2 Å². The van der Waals surface area contributed by atoms with E-state index in [9.17, 15) is 14.4 Å². The van der Waals surface area contributed by atoms with Crippen LogP contribution in [0.15, 0.2) is 0 Å². The molecule has 78 valence electrons. The highest BCUT2D eigenvalue weighted by Gasteiger charge is 2.39. The molecule has 0 atom stereocenters. The number of amides is 4. The zero-order valence-corrected chi connectivity index (χ0v) is 9.10. The molecule has 1 aliphatic heterocycles. The summed E-state index contributed by atoms with van der Waals surface area (Å²) in [5.41, 5.74) is 0. The molecule has 0 aromatic carbocycles. The summed E-state index contributed by atoms with van der Waals surface area (Å²) < 4.78 is -0.238. The molecule has 4 amide bonds. The van der Waals surface area contributed by atoms with Crippen LogP contribution in [0.2, 0.25) is 0 Å². The average Bonchev–Trinajstić information content (AvgIpc) is 2.32. The van der Waals surface area contributed by atoms with Crippen LogP contribution in [-0.4, -0.2) is 40.3 Å². The first-order valence-electron chi connectivity index (χ1n) is 4.09. The first kappa shape index (κ1) is 11.0. The third kappa shape index (κ3) is 2.06. The average molecular weight is 216 g/mol. The fourth-order valence-electron chi connectivity index (χ4n) is 1.02. The number of rotatable bonds is 3. The highest BCUT2D eigenvalue weighted by Crippen LogP contribution is 2.23. The number of carbonyl (C=O) groups is 3. The molecule has 1 heterocycles. The van der Waals surface area contributed by atoms with Gasteiger partial charge in [-0.2, -0.15) is 11.8 Å². The molecule has 0 aromatic heterocycles. The zero-order chi connectivity index (χ0) is 10.9. The number of nitrogens with zero attached hydrogens (tertiary/aromatic N) is 1. The SMILES string of the molecule is CSC(C)(C)CN1C(=O)NC(=O)C1=O. The zero-order valence-electron chi connectivity index (χ0n) is 8.29. The molecule has 0 radical (unpaired) electrons. The summed E-state index contributed by atoms with van der Waals surface area (Å²) in [5.74, 6) is -1.61. The van der Waals surface area contributed by atoms with Gasteiger partial charge >= 0.3 is 17.8 Å². The van der Waals surface area contributed by atoms with Gasteiger partial charge in [-0.1, -0.05) is 0 Å². The minimum atomic E-state index is -0.841. The fraction of sp³-hybridized carbons (Fsp3) is 0.625. The summed E-state index contributed by atoms with van der Waals surface area (Å²) in [7, 11) is 0. The van der Waals surface area contributed by atoms with Crippen LogP contribution in [-0.2, 0) is 9.59 Å². The molecule has 0 saturated carbocycles. The van der Waals surface area contributed by atoms with Gasteiger partial charge in [0.1, 0.15) is 0 Å². The van der Waals surface area contributed by atoms with E-state index >= 15 is 0 Å². The molecule has 1 rings (SSSR count). The van der Waals surface area contributed by atoms with Crippen molar-refractivity contribution in [3.63, 3.8) is 0 Å². The van der Waals surface area contributed by atoms with Crippen LogP contribution in [0.4, 0.5) is 4.79 Å². The van der Waals surface area contributed by atoms with E-state index in [4.69, 9.17) is 0 Å². The maximum Gasteiger partial charge on any atom is 0.331 e. The van der Waals surface area contributed by atoms with Crippen molar-refractivity contribution in [1.82, 2.24) is 10.2 Å². The van der Waals surface area contributed by atoms with E-state index in [2.05, 4.69) is 0 Å². The number of hydrogen-bond acceptors (Lipinski definition) is 4. The third-order valence-electron chi connectivity index (χ3n) is 2.00. The maximum atomic E-state index is 11.2. The van der Waals surface area contributed by atoms with Crippen LogP contribution in [0, 0.1) is 0 Å². The van der Waals surface area contributed by atoms with Crippen molar-refractivity contribution in [2.75, 3.05) is 12.8 Å². The fourth-order valence-corrected chi connectivity index (χ4v) is 1.28. The lowest BCUT2D eigenvalue weighted by Gasteiger charge is -2.25. The number of urea groups is 1. The monoisotopic (exact) mass is 216 g/mol. The Balaban J connectivity index is 2.75. The molecule has 5 nitrogen and oxygen atoms in total. The summed E-state index contributed by atoms with van der Waals surface area (Å²) >= 11 is 1.53. The second kappa shape index (κ2) is 3.61. The van der Waals surface area contributed by atoms with Crippen molar-refractivity contribution in [3.05, 3.63) is 0 Å². The Morgan fingerprint density at radius 2 is 1.93 bits per heavy atom. The standard InChI is InChI=1S/C8H12N2O3S/c1-8(2,14-3)4-10-6(12)5(11)9-7(10)13/h4H2,1-3H3,(H,9,11,13). The third-order valence-corrected chi connectivity index (χ3v) is 3.23. The molecule has 1 aliphatic rings. The highest BCUT2D eigenvalue weighted by atomic mass is 32.2. The van der Waals surface area contributed by atoms with Crippen LogP contribution in [0.5, 0.6) is 0 Å². The summed E-state index contributed by atoms with van der Waals surface area (Å²) in [6.45, 7) is 4.05. The Morgan fingerprint density at radius 3 is 2.29 bits per heavy atom. The van der Waals surface area contributed by atoms with E-state index in [0.717, 1.165) is 4.90 Å². The Kier molecular flexibility index (Phi) is 2.84. The summed E-state index contributed by atoms with van der Waals surface area (Å²) in [4.78, 5) is 34.1. The van der Waals surface area contributed by atoms with Crippen molar-refractivity contribution < 1.29 is 14.4 Å². The van der Waals surface area contributed by atoms with Gasteiger partial charge in [0.2, 0.25) is 0 Å². The predicted octanol–water partition coefficient (Wildman–Crippen LogP) is 0.206. The minimum absolute atomic E-state index is 0.238. The summed E-state index contributed by atoms with van der Waals surface area (Å²) in [6.07, 6.45) is 1.89. The van der Waals surface area contributed by atoms with Gasteiger partial charge in [-0.3, -0.25) is 19.8 Å². The molecular weight excluding hydrogens is 204 g/mol. The molecule has 1 N–H and O–H groups in total. The minimum Gasteiger partial charge on any atom is -0.269 e. The molecule has 1 fully saturated rings. The number of nitrogens with one attached hydrogen (secondary N) is 1. The predicted molar refractivity (Wildman–Crippen MR) is 52.8 cm³/mol. The lowest BCUT2D eigenvalue weighted by atomic mass is 10.2. The Bertz CT molecular complexity index is 301. The molecule has 1 saturated heterocycles. The Morgan fingerprint density at radius 1 is 1.36 bits per heavy atom. The Hall–Kier alpha value is -1.04. The molecule has 0 spiro atoms. The first-order chi connectivity index (χ1) is 6.37. The highest BCUT2D eigenvalue weighted by molar-refractivity contribution is 7.99. The van der Waals surface area contributed by atoms with Crippen LogP contribution in [0.25, 0.3) is 0 Å². The van der Waals surface area contributed by atoms with Crippen LogP contribution < -0.4 is 5.32 Å². The second-order valence-electron chi connectivity index (χ2n) is 3.61. The van der Waals surface area contributed by atoms with Crippen molar-refractivity contribution >= 4 is 29.6 Å². The van der Waals surface area contributed by atoms with Gasteiger partial charge in [0.05, 0.1) is 0 Å². The molecule has 0 bridgehead atoms. The molecule has 0 aliphatic carbocycles. The topological polar surface area (TPSA) is 66.5 Å². The van der Waals surface area contributed by atoms with Gasteiger partial charge in [0.25, 0.3) is 0 Å². The van der Waals surface area contributed by atoms with Crippen molar-refractivity contribution in [2.24, 2.45) is 0 Å². The van der Waals surface area contributed by atoms with E-state index in [1.165, 1.54) is 11.8 Å². The van der Waals surface area contributed by atoms with Gasteiger partial charge in [-0.25, -0.2) is 4.79 Å². The number of carbonyl (C=O) groups excluding carboxylic acids is 3. The molecule has 0 aromatic rings.